The predicted molar refractivity (Wildman–Crippen MR) is 226 cm³/mol. The lowest BCUT2D eigenvalue weighted by atomic mass is 9.75. The molecular weight excluding hydrogens is 747 g/mol. The topological polar surface area (TPSA) is 157 Å². The van der Waals surface area contributed by atoms with Crippen molar-refractivity contribution in [1.29, 1.82) is 0 Å². The van der Waals surface area contributed by atoms with Gasteiger partial charge in [-0.3, -0.25) is 14.6 Å². The van der Waals surface area contributed by atoms with Gasteiger partial charge in [0.15, 0.2) is 5.78 Å². The molecule has 1 heterocycles. The highest BCUT2D eigenvalue weighted by Gasteiger charge is 2.35. The number of hydrogen-bond donors (Lipinski definition) is 3. The van der Waals surface area contributed by atoms with Gasteiger partial charge in [-0.25, -0.2) is 9.59 Å². The number of fused-ring (bicyclic) bond motifs is 4. The fraction of sp³-hybridized carbons (Fsp3) is 0.312. The molecule has 4 aromatic carbocycles. The van der Waals surface area contributed by atoms with Crippen molar-refractivity contribution in [2.45, 2.75) is 78.5 Å². The first kappa shape index (κ1) is 40.7. The molecule has 2 aliphatic carbocycles. The smallest absolute Gasteiger partial charge is 0.407 e. The van der Waals surface area contributed by atoms with E-state index in [4.69, 9.17) is 14.5 Å². The number of allylic oxidation sites excluding steroid dienone is 2. The highest BCUT2D eigenvalue weighted by atomic mass is 16.5. The molecule has 0 spiro atoms. The van der Waals surface area contributed by atoms with Crippen molar-refractivity contribution >= 4 is 46.1 Å². The van der Waals surface area contributed by atoms with Gasteiger partial charge >= 0.3 is 18.0 Å². The van der Waals surface area contributed by atoms with Crippen molar-refractivity contribution in [3.63, 3.8) is 0 Å². The van der Waals surface area contributed by atoms with Crippen LogP contribution in [0.2, 0.25) is 0 Å². The van der Waals surface area contributed by atoms with Gasteiger partial charge < -0.3 is 29.6 Å². The zero-order valence-electron chi connectivity index (χ0n) is 33.7. The maximum absolute atomic E-state index is 13.2. The fourth-order valence-corrected chi connectivity index (χ4v) is 8.20. The van der Waals surface area contributed by atoms with E-state index in [1.54, 1.807) is 35.0 Å². The minimum Gasteiger partial charge on any atom is -0.511 e. The van der Waals surface area contributed by atoms with E-state index in [0.29, 0.717) is 47.3 Å². The van der Waals surface area contributed by atoms with Gasteiger partial charge in [-0.05, 0) is 69.3 Å². The highest BCUT2D eigenvalue weighted by molar-refractivity contribution is 6.23. The SMILES string of the molecule is CC(C)CC(=Nc1ccc(COC(=O)Cn2cc(CC(NC(=O)OCC3c4ccccc4-c4ccccc43)C(=O)O)c3ccccc32)cc1)C1=C(O)CC(C)(C)CC1=O. The molecule has 304 valence electrons. The second-order valence-corrected chi connectivity index (χ2v) is 16.6. The number of carbonyl (C=O) groups is 4. The molecule has 11 heteroatoms. The van der Waals surface area contributed by atoms with E-state index in [1.807, 2.05) is 100 Å². The number of aliphatic imine (C=N–C) groups is 1. The largest absolute Gasteiger partial charge is 0.511 e. The third-order valence-electron chi connectivity index (χ3n) is 10.9. The molecule has 0 saturated carbocycles. The van der Waals surface area contributed by atoms with E-state index in [-0.39, 0.29) is 55.0 Å². The van der Waals surface area contributed by atoms with Gasteiger partial charge in [0.1, 0.15) is 31.6 Å². The van der Waals surface area contributed by atoms with Crippen molar-refractivity contribution in [3.8, 4) is 11.1 Å². The zero-order valence-corrected chi connectivity index (χ0v) is 33.7. The number of alkyl carbamates (subject to hydrolysis) is 1. The number of para-hydroxylation sites is 1. The Balaban J connectivity index is 0.977. The average molecular weight is 796 g/mol. The minimum absolute atomic E-state index is 0.0123. The Hall–Kier alpha value is -6.49. The number of nitrogens with one attached hydrogen (secondary N) is 1. The molecule has 0 aliphatic heterocycles. The maximum Gasteiger partial charge on any atom is 0.407 e. The van der Waals surface area contributed by atoms with Crippen molar-refractivity contribution < 1.29 is 38.9 Å². The summed E-state index contributed by atoms with van der Waals surface area (Å²) in [7, 11) is 0. The number of aliphatic hydroxyl groups excluding tert-OH is 1. The van der Waals surface area contributed by atoms with E-state index >= 15 is 0 Å². The minimum atomic E-state index is -1.29. The molecule has 2 aliphatic rings. The van der Waals surface area contributed by atoms with Crippen LogP contribution in [0.1, 0.15) is 75.1 Å². The van der Waals surface area contributed by atoms with Crippen molar-refractivity contribution in [1.82, 2.24) is 9.88 Å². The van der Waals surface area contributed by atoms with Crippen molar-refractivity contribution in [2.75, 3.05) is 6.61 Å². The Morgan fingerprint density at radius 2 is 1.53 bits per heavy atom. The number of nitrogens with zero attached hydrogens (tertiary/aromatic N) is 2. The summed E-state index contributed by atoms with van der Waals surface area (Å²) in [5.74, 6) is -1.68. The van der Waals surface area contributed by atoms with Crippen LogP contribution >= 0.6 is 0 Å². The van der Waals surface area contributed by atoms with Gasteiger partial charge in [-0.15, -0.1) is 0 Å². The second-order valence-electron chi connectivity index (χ2n) is 16.6. The number of aliphatic carboxylic acids is 1. The molecule has 59 heavy (non-hydrogen) atoms. The molecule has 0 radical (unpaired) electrons. The quantitative estimate of drug-likeness (QED) is 0.0742. The van der Waals surface area contributed by atoms with Crippen LogP contribution < -0.4 is 5.32 Å². The Bertz CT molecular complexity index is 2430. The number of carboxylic acids is 1. The van der Waals surface area contributed by atoms with E-state index in [0.717, 1.165) is 33.2 Å². The number of ether oxygens (including phenoxy) is 2. The molecule has 0 bridgehead atoms. The number of aliphatic hydroxyl groups is 1. The Morgan fingerprint density at radius 1 is 0.881 bits per heavy atom. The fourth-order valence-electron chi connectivity index (χ4n) is 8.20. The first-order chi connectivity index (χ1) is 28.3. The molecule has 1 atom stereocenters. The number of carbonyl (C=O) groups excluding carboxylic acids is 3. The monoisotopic (exact) mass is 795 g/mol. The number of benzene rings is 4. The molecule has 0 saturated heterocycles. The summed E-state index contributed by atoms with van der Waals surface area (Å²) in [5.41, 5.74) is 7.57. The molecular formula is C48H49N3O8. The van der Waals surface area contributed by atoms with Crippen LogP contribution in [0.5, 0.6) is 0 Å². The molecule has 7 rings (SSSR count). The zero-order chi connectivity index (χ0) is 41.8. The summed E-state index contributed by atoms with van der Waals surface area (Å²) in [6.45, 7) is 7.96. The molecule has 3 N–H and O–H groups in total. The van der Waals surface area contributed by atoms with E-state index in [1.165, 1.54) is 0 Å². The normalized spacial score (nSPS) is 15.5. The Morgan fingerprint density at radius 3 is 2.17 bits per heavy atom. The van der Waals surface area contributed by atoms with Crippen LogP contribution in [0.4, 0.5) is 10.5 Å². The molecule has 0 fully saturated rings. The third-order valence-corrected chi connectivity index (χ3v) is 10.9. The molecule has 1 unspecified atom stereocenters. The summed E-state index contributed by atoms with van der Waals surface area (Å²) >= 11 is 0. The highest BCUT2D eigenvalue weighted by Crippen LogP contribution is 2.44. The second kappa shape index (κ2) is 17.2. The van der Waals surface area contributed by atoms with Gasteiger partial charge in [0, 0.05) is 42.3 Å². The molecule has 11 nitrogen and oxygen atoms in total. The standard InChI is InChI=1S/C48H49N3O8/c1-29(2)21-39(45-42(52)23-48(3,4)24-43(45)53)49-32-19-17-30(18-20-32)27-58-44(54)26-51-25-31(33-11-9-10-16-41(33)51)22-40(46(55)56)50-47(57)59-28-38-36-14-7-5-12-34(36)35-13-6-8-15-37(35)38/h5-20,25,29,38,40,52H,21-24,26-28H2,1-4H3,(H,50,57)(H,55,56). The Kier molecular flexibility index (Phi) is 11.8. The van der Waals surface area contributed by atoms with Crippen LogP contribution in [0, 0.1) is 11.3 Å². The lowest BCUT2D eigenvalue weighted by Crippen LogP contribution is -2.42. The van der Waals surface area contributed by atoms with E-state index in [9.17, 15) is 29.4 Å². The summed E-state index contributed by atoms with van der Waals surface area (Å²) in [4.78, 5) is 56.5. The number of Topliss-reactive ketones (excluding diaryl/α,β-unsaturated/α-hetero) is 1. The number of rotatable bonds is 14. The van der Waals surface area contributed by atoms with Crippen LogP contribution in [0.3, 0.4) is 0 Å². The first-order valence-corrected chi connectivity index (χ1v) is 19.9. The van der Waals surface area contributed by atoms with Gasteiger partial charge in [0.2, 0.25) is 0 Å². The van der Waals surface area contributed by atoms with Gasteiger partial charge in [-0.1, -0.05) is 107 Å². The lowest BCUT2D eigenvalue weighted by Gasteiger charge is -2.30. The molecule has 1 amide bonds. The number of aromatic nitrogens is 1. The van der Waals surface area contributed by atoms with Crippen LogP contribution in [0.25, 0.3) is 22.0 Å². The summed E-state index contributed by atoms with van der Waals surface area (Å²) in [6, 6.07) is 29.2. The predicted octanol–water partition coefficient (Wildman–Crippen LogP) is 9.24. The number of esters is 1. The summed E-state index contributed by atoms with van der Waals surface area (Å²) < 4.78 is 13.0. The van der Waals surface area contributed by atoms with Crippen LogP contribution in [-0.2, 0) is 43.4 Å². The average Bonchev–Trinajstić information content (AvgIpc) is 3.70. The van der Waals surface area contributed by atoms with Gasteiger partial charge in [0.05, 0.1) is 17.0 Å². The number of carboxylic acid groups (broad SMARTS) is 1. The van der Waals surface area contributed by atoms with Gasteiger partial charge in [-0.2, -0.15) is 0 Å². The van der Waals surface area contributed by atoms with Crippen molar-refractivity contribution in [2.24, 2.45) is 16.3 Å². The first-order valence-electron chi connectivity index (χ1n) is 19.9. The third kappa shape index (κ3) is 9.30. The Labute approximate surface area is 343 Å². The van der Waals surface area contributed by atoms with E-state index < -0.39 is 24.1 Å². The number of hydrogen-bond acceptors (Lipinski definition) is 8. The molecule has 1 aromatic heterocycles. The van der Waals surface area contributed by atoms with Crippen LogP contribution in [-0.4, -0.2) is 57.0 Å². The van der Waals surface area contributed by atoms with E-state index in [2.05, 4.69) is 5.32 Å². The summed E-state index contributed by atoms with van der Waals surface area (Å²) in [6.07, 6.45) is 2.14. The number of amides is 1. The number of ketones is 1. The van der Waals surface area contributed by atoms with Crippen LogP contribution in [0.15, 0.2) is 120 Å². The van der Waals surface area contributed by atoms with Gasteiger partial charge in [0.25, 0.3) is 0 Å². The molecule has 5 aromatic rings. The summed E-state index contributed by atoms with van der Waals surface area (Å²) in [5, 5.41) is 24.3. The van der Waals surface area contributed by atoms with Crippen molar-refractivity contribution in [3.05, 3.63) is 137 Å². The lowest BCUT2D eigenvalue weighted by molar-refractivity contribution is -0.145. The maximum atomic E-state index is 13.2.